The summed E-state index contributed by atoms with van der Waals surface area (Å²) in [4.78, 5) is 16.0. The molecule has 1 fully saturated rings. The van der Waals surface area contributed by atoms with Crippen LogP contribution in [0.1, 0.15) is 39.0 Å². The lowest BCUT2D eigenvalue weighted by molar-refractivity contribution is 0.0693. The average Bonchev–Trinajstić information content (AvgIpc) is 3.27. The SMILES string of the molecule is Cc1ccccc1CN(c1ccc(C#N)c(Cl)c1)[C@H]1CCN(Cc2ccc(O)c(C(=O)O)c2)C1. The van der Waals surface area contributed by atoms with Crippen LogP contribution in [0, 0.1) is 18.3 Å². The molecule has 6 nitrogen and oxygen atoms in total. The summed E-state index contributed by atoms with van der Waals surface area (Å²) in [6, 6.07) is 21.0. The number of hydrogen-bond acceptors (Lipinski definition) is 5. The Morgan fingerprint density at radius 3 is 2.71 bits per heavy atom. The van der Waals surface area contributed by atoms with Gasteiger partial charge in [0.2, 0.25) is 0 Å². The molecule has 1 heterocycles. The second-order valence-corrected chi connectivity index (χ2v) is 9.07. The van der Waals surface area contributed by atoms with E-state index in [0.29, 0.717) is 17.1 Å². The molecular weight excluding hydrogens is 450 g/mol. The van der Waals surface area contributed by atoms with E-state index < -0.39 is 5.97 Å². The van der Waals surface area contributed by atoms with Crippen LogP contribution in [0.2, 0.25) is 5.02 Å². The lowest BCUT2D eigenvalue weighted by atomic mass is 10.1. The van der Waals surface area contributed by atoms with Crippen molar-refractivity contribution >= 4 is 23.3 Å². The molecule has 0 unspecified atom stereocenters. The molecule has 174 valence electrons. The summed E-state index contributed by atoms with van der Waals surface area (Å²) in [5.41, 5.74) is 4.63. The Hall–Kier alpha value is -3.53. The highest BCUT2D eigenvalue weighted by molar-refractivity contribution is 6.32. The highest BCUT2D eigenvalue weighted by Crippen LogP contribution is 2.30. The highest BCUT2D eigenvalue weighted by atomic mass is 35.5. The molecule has 1 aliphatic heterocycles. The van der Waals surface area contributed by atoms with Crippen molar-refractivity contribution in [2.75, 3.05) is 18.0 Å². The van der Waals surface area contributed by atoms with Crippen LogP contribution in [0.3, 0.4) is 0 Å². The first-order valence-corrected chi connectivity index (χ1v) is 11.5. The fourth-order valence-corrected chi connectivity index (χ4v) is 4.71. The van der Waals surface area contributed by atoms with E-state index >= 15 is 0 Å². The van der Waals surface area contributed by atoms with Crippen LogP contribution >= 0.6 is 11.6 Å². The van der Waals surface area contributed by atoms with Gasteiger partial charge in [0.25, 0.3) is 0 Å². The van der Waals surface area contributed by atoms with E-state index in [1.54, 1.807) is 12.1 Å². The van der Waals surface area contributed by atoms with E-state index in [0.717, 1.165) is 37.3 Å². The number of halogens is 1. The van der Waals surface area contributed by atoms with Crippen molar-refractivity contribution in [3.63, 3.8) is 0 Å². The fraction of sp³-hybridized carbons (Fsp3) is 0.259. The number of phenols is 1. The number of aryl methyl sites for hydroxylation is 1. The van der Waals surface area contributed by atoms with Crippen LogP contribution in [-0.2, 0) is 13.1 Å². The van der Waals surface area contributed by atoms with Gasteiger partial charge >= 0.3 is 5.97 Å². The Bertz CT molecular complexity index is 1250. The van der Waals surface area contributed by atoms with Crippen molar-refractivity contribution in [2.45, 2.75) is 32.5 Å². The van der Waals surface area contributed by atoms with Crippen molar-refractivity contribution in [3.8, 4) is 11.8 Å². The van der Waals surface area contributed by atoms with Gasteiger partial charge in [-0.2, -0.15) is 5.26 Å². The number of aromatic hydroxyl groups is 1. The number of rotatable bonds is 7. The molecule has 1 saturated heterocycles. The maximum Gasteiger partial charge on any atom is 0.339 e. The van der Waals surface area contributed by atoms with Crippen LogP contribution in [0.25, 0.3) is 0 Å². The Labute approximate surface area is 204 Å². The zero-order valence-electron chi connectivity index (χ0n) is 18.9. The summed E-state index contributed by atoms with van der Waals surface area (Å²) in [6.07, 6.45) is 0.938. The molecule has 3 aromatic carbocycles. The summed E-state index contributed by atoms with van der Waals surface area (Å²) in [5.74, 6) is -1.36. The van der Waals surface area contributed by atoms with Crippen molar-refractivity contribution in [1.29, 1.82) is 5.26 Å². The molecule has 1 atom stereocenters. The Morgan fingerprint density at radius 2 is 2.00 bits per heavy atom. The van der Waals surface area contributed by atoms with Gasteiger partial charge in [-0.3, -0.25) is 4.90 Å². The number of carbonyl (C=O) groups is 1. The molecule has 0 spiro atoms. The predicted octanol–water partition coefficient (Wildman–Crippen LogP) is 5.21. The van der Waals surface area contributed by atoms with Crippen LogP contribution in [0.4, 0.5) is 5.69 Å². The number of nitrogens with zero attached hydrogens (tertiary/aromatic N) is 3. The lowest BCUT2D eigenvalue weighted by Gasteiger charge is -2.32. The molecule has 0 saturated carbocycles. The molecular formula is C27H26ClN3O3. The minimum Gasteiger partial charge on any atom is -0.507 e. The van der Waals surface area contributed by atoms with Crippen molar-refractivity contribution < 1.29 is 15.0 Å². The second kappa shape index (κ2) is 10.2. The summed E-state index contributed by atoms with van der Waals surface area (Å²) in [6.45, 7) is 5.08. The third-order valence-electron chi connectivity index (χ3n) is 6.39. The van der Waals surface area contributed by atoms with Crippen LogP contribution in [0.5, 0.6) is 5.75 Å². The lowest BCUT2D eigenvalue weighted by Crippen LogP contribution is -2.37. The maximum absolute atomic E-state index is 11.4. The summed E-state index contributed by atoms with van der Waals surface area (Å²) in [7, 11) is 0. The highest BCUT2D eigenvalue weighted by Gasteiger charge is 2.29. The predicted molar refractivity (Wildman–Crippen MR) is 132 cm³/mol. The fourth-order valence-electron chi connectivity index (χ4n) is 4.50. The van der Waals surface area contributed by atoms with Gasteiger partial charge in [-0.15, -0.1) is 0 Å². The summed E-state index contributed by atoms with van der Waals surface area (Å²) < 4.78 is 0. The quantitative estimate of drug-likeness (QED) is 0.488. The molecule has 34 heavy (non-hydrogen) atoms. The largest absolute Gasteiger partial charge is 0.507 e. The maximum atomic E-state index is 11.4. The van der Waals surface area contributed by atoms with Gasteiger partial charge in [0, 0.05) is 37.9 Å². The summed E-state index contributed by atoms with van der Waals surface area (Å²) in [5, 5.41) is 28.8. The van der Waals surface area contributed by atoms with E-state index in [1.165, 1.54) is 23.3 Å². The molecule has 2 N–H and O–H groups in total. The zero-order chi connectivity index (χ0) is 24.2. The molecule has 0 amide bonds. The van der Waals surface area contributed by atoms with Gasteiger partial charge in [-0.25, -0.2) is 4.79 Å². The second-order valence-electron chi connectivity index (χ2n) is 8.66. The molecule has 0 radical (unpaired) electrons. The van der Waals surface area contributed by atoms with Gasteiger partial charge in [0.1, 0.15) is 17.4 Å². The number of carboxylic acids is 1. The first-order valence-electron chi connectivity index (χ1n) is 11.1. The molecule has 0 aliphatic carbocycles. The minimum absolute atomic E-state index is 0.0818. The topological polar surface area (TPSA) is 87.8 Å². The first-order chi connectivity index (χ1) is 16.4. The number of hydrogen-bond donors (Lipinski definition) is 2. The van der Waals surface area contributed by atoms with Gasteiger partial charge in [-0.05, 0) is 60.4 Å². The van der Waals surface area contributed by atoms with E-state index in [-0.39, 0.29) is 17.4 Å². The van der Waals surface area contributed by atoms with Gasteiger partial charge in [-0.1, -0.05) is 41.9 Å². The Kier molecular flexibility index (Phi) is 7.06. The Balaban J connectivity index is 1.57. The van der Waals surface area contributed by atoms with Gasteiger partial charge < -0.3 is 15.1 Å². The Morgan fingerprint density at radius 1 is 1.21 bits per heavy atom. The van der Waals surface area contributed by atoms with Crippen LogP contribution < -0.4 is 4.90 Å². The number of nitriles is 1. The number of likely N-dealkylation sites (tertiary alicyclic amines) is 1. The average molecular weight is 476 g/mol. The molecule has 4 rings (SSSR count). The number of benzene rings is 3. The number of aromatic carboxylic acids is 1. The molecule has 1 aliphatic rings. The van der Waals surface area contributed by atoms with E-state index in [4.69, 9.17) is 11.6 Å². The van der Waals surface area contributed by atoms with Gasteiger partial charge in [0.05, 0.1) is 10.6 Å². The molecule has 0 bridgehead atoms. The normalized spacial score (nSPS) is 15.7. The van der Waals surface area contributed by atoms with Crippen LogP contribution in [0.15, 0.2) is 60.7 Å². The molecule has 0 aromatic heterocycles. The first kappa shape index (κ1) is 23.6. The monoisotopic (exact) mass is 475 g/mol. The third-order valence-corrected chi connectivity index (χ3v) is 6.71. The molecule has 7 heteroatoms. The van der Waals surface area contributed by atoms with Crippen molar-refractivity contribution in [2.24, 2.45) is 0 Å². The zero-order valence-corrected chi connectivity index (χ0v) is 19.7. The number of carboxylic acid groups (broad SMARTS) is 1. The van der Waals surface area contributed by atoms with Gasteiger partial charge in [0.15, 0.2) is 0 Å². The van der Waals surface area contributed by atoms with Crippen LogP contribution in [-0.4, -0.2) is 40.2 Å². The molecule has 3 aromatic rings. The third kappa shape index (κ3) is 5.17. The minimum atomic E-state index is -1.14. The van der Waals surface area contributed by atoms with Crippen molar-refractivity contribution in [1.82, 2.24) is 4.90 Å². The summed E-state index contributed by atoms with van der Waals surface area (Å²) >= 11 is 6.38. The van der Waals surface area contributed by atoms with Crippen molar-refractivity contribution in [3.05, 3.63) is 93.5 Å². The smallest absolute Gasteiger partial charge is 0.339 e. The van der Waals surface area contributed by atoms with E-state index in [1.807, 2.05) is 24.3 Å². The number of anilines is 1. The standard InChI is InChI=1S/C27H26ClN3O3/c1-18-4-2-3-5-21(18)16-31(22-8-7-20(14-29)25(28)13-22)23-10-11-30(17-23)15-19-6-9-26(32)24(12-19)27(33)34/h2-9,12-13,23,32H,10-11,15-17H2,1H3,(H,33,34)/t23-/m0/s1. The van der Waals surface area contributed by atoms with E-state index in [9.17, 15) is 20.3 Å². The van der Waals surface area contributed by atoms with E-state index in [2.05, 4.69) is 34.9 Å².